The van der Waals surface area contributed by atoms with Crippen LogP contribution in [0.15, 0.2) is 30.3 Å². The van der Waals surface area contributed by atoms with Gasteiger partial charge in [-0.25, -0.2) is 0 Å². The van der Waals surface area contributed by atoms with Gasteiger partial charge in [0.05, 0.1) is 0 Å². The van der Waals surface area contributed by atoms with Crippen LogP contribution in [0.5, 0.6) is 0 Å². The zero-order chi connectivity index (χ0) is 10.3. The first-order chi connectivity index (χ1) is 7.36. The molecule has 72 valence electrons. The summed E-state index contributed by atoms with van der Waals surface area (Å²) in [5, 5.41) is 3.80. The Morgan fingerprint density at radius 1 is 1.07 bits per heavy atom. The summed E-state index contributed by atoms with van der Waals surface area (Å²) in [4.78, 5) is 0. The van der Waals surface area contributed by atoms with Gasteiger partial charge in [-0.2, -0.15) is 0 Å². The molecule has 0 N–H and O–H groups in total. The van der Waals surface area contributed by atoms with Gasteiger partial charge in [-0.3, -0.25) is 0 Å². The second-order valence-corrected chi connectivity index (χ2v) is 4.32. The van der Waals surface area contributed by atoms with Crippen LogP contribution in [0.1, 0.15) is 12.8 Å². The first kappa shape index (κ1) is 9.39. The Kier molecular flexibility index (Phi) is 2.27. The molecule has 0 bridgehead atoms. The van der Waals surface area contributed by atoms with E-state index in [0.717, 1.165) is 0 Å². The van der Waals surface area contributed by atoms with Crippen LogP contribution in [-0.4, -0.2) is 35.5 Å². The molecule has 1 aliphatic heterocycles. The third kappa shape index (κ3) is 1.49. The molecule has 2 nitrogen and oxygen atoms in total. The van der Waals surface area contributed by atoms with Crippen molar-refractivity contribution in [3.8, 4) is 0 Å². The molecule has 0 unspecified atom stereocenters. The summed E-state index contributed by atoms with van der Waals surface area (Å²) >= 11 is 2.19. The topological polar surface area (TPSA) is 8.17 Å². The van der Waals surface area contributed by atoms with Gasteiger partial charge in [0, 0.05) is 0 Å². The fourth-order valence-electron chi connectivity index (χ4n) is 2.55. The second-order valence-electron chi connectivity index (χ2n) is 4.32. The Bertz CT molecular complexity index is 483. The number of hydrogen-bond donors (Lipinski definition) is 0. The number of para-hydroxylation sites is 1. The van der Waals surface area contributed by atoms with Gasteiger partial charge < -0.3 is 0 Å². The molecule has 0 radical (unpaired) electrons. The van der Waals surface area contributed by atoms with E-state index in [1.807, 2.05) is 0 Å². The summed E-state index contributed by atoms with van der Waals surface area (Å²) in [7, 11) is 0. The van der Waals surface area contributed by atoms with E-state index in [4.69, 9.17) is 0 Å². The van der Waals surface area contributed by atoms with E-state index < -0.39 is 0 Å². The number of aromatic nitrogens is 1. The average Bonchev–Trinajstić information content (AvgIpc) is 2.82. The first-order valence-electron chi connectivity index (χ1n) is 5.68. The van der Waals surface area contributed by atoms with Crippen molar-refractivity contribution in [3.05, 3.63) is 30.3 Å². The van der Waals surface area contributed by atoms with Gasteiger partial charge in [0.1, 0.15) is 0 Å². The van der Waals surface area contributed by atoms with Crippen LogP contribution in [0, 0.1) is 0 Å². The van der Waals surface area contributed by atoms with Gasteiger partial charge in [-0.05, 0) is 0 Å². The molecule has 1 fully saturated rings. The van der Waals surface area contributed by atoms with E-state index >= 15 is 0 Å². The van der Waals surface area contributed by atoms with Crippen LogP contribution >= 0.6 is 0 Å². The first-order valence-corrected chi connectivity index (χ1v) is 5.68. The molecule has 2 aromatic rings. The van der Waals surface area contributed by atoms with E-state index in [1.54, 1.807) is 0 Å². The van der Waals surface area contributed by atoms with Crippen molar-refractivity contribution in [1.82, 2.24) is 4.68 Å². The molecule has 1 aromatic heterocycles. The molecule has 1 saturated heterocycles. The Balaban J connectivity index is 2.19. The van der Waals surface area contributed by atoms with Crippen molar-refractivity contribution in [3.63, 3.8) is 0 Å². The summed E-state index contributed by atoms with van der Waals surface area (Å²) in [5.41, 5.74) is 1.34. The van der Waals surface area contributed by atoms with Crippen LogP contribution in [-0.2, 0) is 0 Å². The predicted molar refractivity (Wildman–Crippen MR) is 64.5 cm³/mol. The van der Waals surface area contributed by atoms with E-state index in [9.17, 15) is 0 Å². The molecule has 15 heavy (non-hydrogen) atoms. The summed E-state index contributed by atoms with van der Waals surface area (Å²) in [6.07, 6.45) is 2.65. The van der Waals surface area contributed by atoms with Crippen LogP contribution in [0.3, 0.4) is 0 Å². The van der Waals surface area contributed by atoms with Crippen molar-refractivity contribution in [2.24, 2.45) is 0 Å². The standard InChI is InChI=1S/C12H13N2.Li/c1-2-6-12-11(5-1)7-10-14(12)13-8-3-4-9-13;/h1-2,5-7H,3-4,8-9H2;. The van der Waals surface area contributed by atoms with E-state index in [1.165, 1.54) is 41.2 Å². The third-order valence-corrected chi connectivity index (χ3v) is 3.23. The molecule has 0 atom stereocenters. The van der Waals surface area contributed by atoms with Gasteiger partial charge in [-0.1, -0.05) is 0 Å². The van der Waals surface area contributed by atoms with E-state index in [-0.39, 0.29) is 0 Å². The molecule has 0 spiro atoms. The molecule has 3 heteroatoms. The van der Waals surface area contributed by atoms with Crippen LogP contribution < -0.4 is 9.38 Å². The maximum absolute atomic E-state index is 2.46. The number of rotatable bonds is 1. The summed E-state index contributed by atoms with van der Waals surface area (Å²) < 4.78 is 3.72. The fraction of sp³-hybridized carbons (Fsp3) is 0.333. The quantitative estimate of drug-likeness (QED) is 0.616. The van der Waals surface area contributed by atoms with Gasteiger partial charge >= 0.3 is 98.9 Å². The second kappa shape index (κ2) is 3.63. The predicted octanol–water partition coefficient (Wildman–Crippen LogP) is 1.17. The van der Waals surface area contributed by atoms with E-state index in [0.29, 0.717) is 0 Å². The minimum atomic E-state index is 1.19. The van der Waals surface area contributed by atoms with Gasteiger partial charge in [0.25, 0.3) is 0 Å². The molecule has 2 heterocycles. The number of benzene rings is 1. The van der Waals surface area contributed by atoms with Gasteiger partial charge in [0.2, 0.25) is 0 Å². The van der Waals surface area contributed by atoms with Gasteiger partial charge in [-0.15, -0.1) is 0 Å². The van der Waals surface area contributed by atoms with Gasteiger partial charge in [0.15, 0.2) is 0 Å². The Labute approximate surface area is 99.0 Å². The zero-order valence-electron chi connectivity index (χ0n) is 9.11. The van der Waals surface area contributed by atoms with Crippen molar-refractivity contribution >= 4 is 33.0 Å². The molecule has 1 aliphatic rings. The number of hydrogen-bond acceptors (Lipinski definition) is 1. The monoisotopic (exact) mass is 192 g/mol. The van der Waals surface area contributed by atoms with Crippen LogP contribution in [0.25, 0.3) is 10.9 Å². The van der Waals surface area contributed by atoms with Crippen LogP contribution in [0.4, 0.5) is 0 Å². The molecular formula is C12H13LiN2. The maximum atomic E-state index is 2.46. The normalized spacial score (nSPS) is 16.5. The van der Waals surface area contributed by atoms with Crippen LogP contribution in [0.2, 0.25) is 0 Å². The molecule has 1 aromatic carbocycles. The molecule has 0 amide bonds. The van der Waals surface area contributed by atoms with Crippen molar-refractivity contribution in [2.75, 3.05) is 18.1 Å². The third-order valence-electron chi connectivity index (χ3n) is 3.23. The van der Waals surface area contributed by atoms with Crippen molar-refractivity contribution < 1.29 is 0 Å². The summed E-state index contributed by atoms with van der Waals surface area (Å²) in [6, 6.07) is 10.9. The Morgan fingerprint density at radius 3 is 2.60 bits per heavy atom. The van der Waals surface area contributed by atoms with E-state index in [2.05, 4.69) is 57.7 Å². The molecule has 0 saturated carbocycles. The number of fused-ring (bicyclic) bond motifs is 1. The average molecular weight is 192 g/mol. The Hall–Kier alpha value is -0.843. The summed E-state index contributed by atoms with van der Waals surface area (Å²) in [6.45, 7) is 2.39. The SMILES string of the molecule is [Li][c]1cc2ccccc2n1N1CCCC1. The van der Waals surface area contributed by atoms with Crippen molar-refractivity contribution in [1.29, 1.82) is 0 Å². The molecule has 3 rings (SSSR count). The Morgan fingerprint density at radius 2 is 1.80 bits per heavy atom. The zero-order valence-corrected chi connectivity index (χ0v) is 9.11. The molecular weight excluding hydrogens is 179 g/mol. The molecule has 0 aliphatic carbocycles. The summed E-state index contributed by atoms with van der Waals surface area (Å²) in [5.74, 6) is 0. The number of nitrogens with zero attached hydrogens (tertiary/aromatic N) is 2. The minimum absolute atomic E-state index is 1.19. The fourth-order valence-corrected chi connectivity index (χ4v) is 2.55. The van der Waals surface area contributed by atoms with Crippen molar-refractivity contribution in [2.45, 2.75) is 12.8 Å².